The van der Waals surface area contributed by atoms with Crippen molar-refractivity contribution in [2.24, 2.45) is 11.8 Å². The average molecular weight is 260 g/mol. The lowest BCUT2D eigenvalue weighted by atomic mass is 9.94. The van der Waals surface area contributed by atoms with E-state index in [4.69, 9.17) is 10.4 Å². The van der Waals surface area contributed by atoms with Crippen LogP contribution < -0.4 is 5.32 Å². The Morgan fingerprint density at radius 2 is 2.16 bits per heavy atom. The molecule has 1 aromatic carbocycles. The number of nitrogens with zero attached hydrogens (tertiary/aromatic N) is 1. The Morgan fingerprint density at radius 1 is 1.37 bits per heavy atom. The molecular formula is C16H24N2O. The molecule has 0 bridgehead atoms. The highest BCUT2D eigenvalue weighted by Crippen LogP contribution is 2.14. The van der Waals surface area contributed by atoms with Gasteiger partial charge in [0.05, 0.1) is 11.6 Å². The summed E-state index contributed by atoms with van der Waals surface area (Å²) in [6.45, 7) is 6.36. The summed E-state index contributed by atoms with van der Waals surface area (Å²) in [5.74, 6) is 1.17. The lowest BCUT2D eigenvalue weighted by Crippen LogP contribution is -2.24. The van der Waals surface area contributed by atoms with Gasteiger partial charge in [0.1, 0.15) is 0 Å². The van der Waals surface area contributed by atoms with Gasteiger partial charge < -0.3 is 10.4 Å². The number of nitriles is 1. The first kappa shape index (κ1) is 15.7. The van der Waals surface area contributed by atoms with Crippen LogP contribution in [0.5, 0.6) is 0 Å². The van der Waals surface area contributed by atoms with Crippen LogP contribution in [0.2, 0.25) is 0 Å². The fraction of sp³-hybridized carbons (Fsp3) is 0.562. The zero-order valence-electron chi connectivity index (χ0n) is 11.9. The normalized spacial score (nSPS) is 12.4. The number of aliphatic hydroxyl groups is 1. The molecule has 0 aromatic heterocycles. The fourth-order valence-electron chi connectivity index (χ4n) is 2.32. The van der Waals surface area contributed by atoms with Gasteiger partial charge >= 0.3 is 0 Å². The van der Waals surface area contributed by atoms with Crippen LogP contribution in [0, 0.1) is 23.2 Å². The maximum atomic E-state index is 9.07. The zero-order chi connectivity index (χ0) is 14.1. The molecule has 0 amide bonds. The third-order valence-corrected chi connectivity index (χ3v) is 3.16. The molecule has 1 unspecified atom stereocenters. The van der Waals surface area contributed by atoms with E-state index in [1.165, 1.54) is 0 Å². The number of benzene rings is 1. The van der Waals surface area contributed by atoms with Crippen LogP contribution in [0.3, 0.4) is 0 Å². The van der Waals surface area contributed by atoms with Crippen molar-refractivity contribution in [1.29, 1.82) is 5.26 Å². The third-order valence-electron chi connectivity index (χ3n) is 3.16. The predicted molar refractivity (Wildman–Crippen MR) is 77.5 cm³/mol. The minimum atomic E-state index is 0.253. The summed E-state index contributed by atoms with van der Waals surface area (Å²) < 4.78 is 0. The van der Waals surface area contributed by atoms with Gasteiger partial charge in [-0.05, 0) is 48.9 Å². The van der Waals surface area contributed by atoms with Crippen molar-refractivity contribution in [3.05, 3.63) is 35.4 Å². The van der Waals surface area contributed by atoms with Gasteiger partial charge in [-0.2, -0.15) is 5.26 Å². The molecule has 19 heavy (non-hydrogen) atoms. The molecule has 1 atom stereocenters. The summed E-state index contributed by atoms with van der Waals surface area (Å²) in [5.41, 5.74) is 1.83. The highest BCUT2D eigenvalue weighted by atomic mass is 16.3. The van der Waals surface area contributed by atoms with E-state index >= 15 is 0 Å². The minimum absolute atomic E-state index is 0.253. The van der Waals surface area contributed by atoms with E-state index in [-0.39, 0.29) is 6.61 Å². The van der Waals surface area contributed by atoms with Crippen LogP contribution in [-0.4, -0.2) is 18.3 Å². The number of nitrogens with one attached hydrogen (secondary N) is 1. The maximum Gasteiger partial charge on any atom is 0.0991 e. The quantitative estimate of drug-likeness (QED) is 0.755. The van der Waals surface area contributed by atoms with Crippen LogP contribution >= 0.6 is 0 Å². The number of rotatable bonds is 8. The van der Waals surface area contributed by atoms with Crippen LogP contribution in [0.25, 0.3) is 0 Å². The summed E-state index contributed by atoms with van der Waals surface area (Å²) in [7, 11) is 0. The van der Waals surface area contributed by atoms with Crippen molar-refractivity contribution in [1.82, 2.24) is 5.32 Å². The van der Waals surface area contributed by atoms with Crippen LogP contribution in [-0.2, 0) is 6.54 Å². The van der Waals surface area contributed by atoms with Crippen molar-refractivity contribution in [2.75, 3.05) is 13.2 Å². The lowest BCUT2D eigenvalue weighted by Gasteiger charge is -2.18. The van der Waals surface area contributed by atoms with E-state index in [9.17, 15) is 0 Å². The number of hydrogen-bond acceptors (Lipinski definition) is 3. The molecule has 104 valence electrons. The van der Waals surface area contributed by atoms with Crippen molar-refractivity contribution in [2.45, 2.75) is 33.2 Å². The van der Waals surface area contributed by atoms with Crippen molar-refractivity contribution in [3.63, 3.8) is 0 Å². The summed E-state index contributed by atoms with van der Waals surface area (Å²) in [4.78, 5) is 0. The Kier molecular flexibility index (Phi) is 7.17. The van der Waals surface area contributed by atoms with Crippen molar-refractivity contribution < 1.29 is 5.11 Å². The van der Waals surface area contributed by atoms with Crippen molar-refractivity contribution in [3.8, 4) is 6.07 Å². The Labute approximate surface area is 116 Å². The Bertz CT molecular complexity index is 409. The molecule has 0 heterocycles. The maximum absolute atomic E-state index is 9.07. The predicted octanol–water partition coefficient (Wildman–Crippen LogP) is 2.69. The molecule has 1 aromatic rings. The van der Waals surface area contributed by atoms with Crippen LogP contribution in [0.4, 0.5) is 0 Å². The molecule has 0 aliphatic carbocycles. The monoisotopic (exact) mass is 260 g/mol. The molecule has 3 nitrogen and oxygen atoms in total. The highest BCUT2D eigenvalue weighted by molar-refractivity contribution is 5.32. The first-order chi connectivity index (χ1) is 9.15. The van der Waals surface area contributed by atoms with E-state index in [0.29, 0.717) is 17.4 Å². The van der Waals surface area contributed by atoms with Gasteiger partial charge in [-0.25, -0.2) is 0 Å². The molecule has 0 spiro atoms. The average Bonchev–Trinajstić information content (AvgIpc) is 2.38. The SMILES string of the molecule is CC(C)CC(CCO)CNCc1cccc(C#N)c1. The fourth-order valence-corrected chi connectivity index (χ4v) is 2.32. The second-order valence-corrected chi connectivity index (χ2v) is 5.45. The van der Waals surface area contributed by atoms with Crippen molar-refractivity contribution >= 4 is 0 Å². The number of hydrogen-bond donors (Lipinski definition) is 2. The Hall–Kier alpha value is -1.37. The topological polar surface area (TPSA) is 56.0 Å². The first-order valence-electron chi connectivity index (χ1n) is 6.96. The summed E-state index contributed by atoms with van der Waals surface area (Å²) >= 11 is 0. The molecule has 0 saturated heterocycles. The second-order valence-electron chi connectivity index (χ2n) is 5.45. The van der Waals surface area contributed by atoms with E-state index in [0.717, 1.165) is 31.5 Å². The van der Waals surface area contributed by atoms with Gasteiger partial charge in [0.2, 0.25) is 0 Å². The van der Waals surface area contributed by atoms with Gasteiger partial charge in [0.25, 0.3) is 0 Å². The molecule has 0 saturated carbocycles. The first-order valence-corrected chi connectivity index (χ1v) is 6.96. The molecule has 0 fully saturated rings. The highest BCUT2D eigenvalue weighted by Gasteiger charge is 2.10. The number of aliphatic hydroxyl groups excluding tert-OH is 1. The molecule has 0 aliphatic rings. The summed E-state index contributed by atoms with van der Waals surface area (Å²) in [6.07, 6.45) is 1.98. The van der Waals surface area contributed by atoms with Gasteiger partial charge in [-0.1, -0.05) is 26.0 Å². The molecule has 0 radical (unpaired) electrons. The van der Waals surface area contributed by atoms with E-state index < -0.39 is 0 Å². The second kappa shape index (κ2) is 8.68. The summed E-state index contributed by atoms with van der Waals surface area (Å²) in [5, 5.41) is 21.3. The molecular weight excluding hydrogens is 236 g/mol. The lowest BCUT2D eigenvalue weighted by molar-refractivity contribution is 0.239. The smallest absolute Gasteiger partial charge is 0.0991 e. The van der Waals surface area contributed by atoms with E-state index in [1.54, 1.807) is 0 Å². The van der Waals surface area contributed by atoms with Crippen LogP contribution in [0.1, 0.15) is 37.8 Å². The third kappa shape index (κ3) is 6.37. The standard InChI is InChI=1S/C16H24N2O/c1-13(2)8-16(6-7-19)12-18-11-15-5-3-4-14(9-15)10-17/h3-5,9,13,16,18-19H,6-8,11-12H2,1-2H3. The molecule has 2 N–H and O–H groups in total. The Morgan fingerprint density at radius 3 is 2.79 bits per heavy atom. The minimum Gasteiger partial charge on any atom is -0.396 e. The zero-order valence-corrected chi connectivity index (χ0v) is 11.9. The largest absolute Gasteiger partial charge is 0.396 e. The van der Waals surface area contributed by atoms with Gasteiger partial charge in [-0.3, -0.25) is 0 Å². The van der Waals surface area contributed by atoms with Crippen LogP contribution in [0.15, 0.2) is 24.3 Å². The van der Waals surface area contributed by atoms with Gasteiger partial charge in [-0.15, -0.1) is 0 Å². The summed E-state index contributed by atoms with van der Waals surface area (Å²) in [6, 6.07) is 9.82. The molecule has 1 rings (SSSR count). The Balaban J connectivity index is 2.40. The van der Waals surface area contributed by atoms with E-state index in [2.05, 4.69) is 25.2 Å². The van der Waals surface area contributed by atoms with Gasteiger partial charge in [0, 0.05) is 13.2 Å². The molecule has 3 heteroatoms. The molecule has 0 aliphatic heterocycles. The van der Waals surface area contributed by atoms with Gasteiger partial charge in [0.15, 0.2) is 0 Å². The van der Waals surface area contributed by atoms with E-state index in [1.807, 2.05) is 24.3 Å².